The Morgan fingerprint density at radius 2 is 1.37 bits per heavy atom. The smallest absolute Gasteiger partial charge is 0.0708 e. The van der Waals surface area contributed by atoms with E-state index in [4.69, 9.17) is 0 Å². The standard InChI is InChI=1S/C18H15N/c1-14-9-11-15(12-10-14)16-6-2-3-7-17(16)18-8-4-5-13-19-18/h2-13H,1H3. The second-order valence-corrected chi connectivity index (χ2v) is 4.63. The van der Waals surface area contributed by atoms with Crippen molar-refractivity contribution in [1.29, 1.82) is 0 Å². The van der Waals surface area contributed by atoms with E-state index in [0.29, 0.717) is 0 Å². The van der Waals surface area contributed by atoms with E-state index in [2.05, 4.69) is 60.4 Å². The van der Waals surface area contributed by atoms with E-state index in [0.717, 1.165) is 5.69 Å². The van der Waals surface area contributed by atoms with E-state index in [1.807, 2.05) is 24.4 Å². The van der Waals surface area contributed by atoms with Gasteiger partial charge in [-0.1, -0.05) is 60.2 Å². The van der Waals surface area contributed by atoms with Crippen LogP contribution in [0.2, 0.25) is 0 Å². The van der Waals surface area contributed by atoms with Gasteiger partial charge in [-0.05, 0) is 30.2 Å². The molecule has 3 rings (SSSR count). The van der Waals surface area contributed by atoms with Crippen LogP contribution in [0.4, 0.5) is 0 Å². The van der Waals surface area contributed by atoms with Crippen LogP contribution in [0.25, 0.3) is 22.4 Å². The monoisotopic (exact) mass is 245 g/mol. The Bertz CT molecular complexity index is 670. The van der Waals surface area contributed by atoms with Crippen LogP contribution in [0.1, 0.15) is 5.56 Å². The zero-order chi connectivity index (χ0) is 13.1. The number of nitrogens with zero attached hydrogens (tertiary/aromatic N) is 1. The molecule has 1 aromatic heterocycles. The molecule has 0 aliphatic rings. The zero-order valence-corrected chi connectivity index (χ0v) is 10.9. The predicted molar refractivity (Wildman–Crippen MR) is 79.8 cm³/mol. The van der Waals surface area contributed by atoms with Gasteiger partial charge in [0.2, 0.25) is 0 Å². The molecule has 3 aromatic rings. The summed E-state index contributed by atoms with van der Waals surface area (Å²) in [6.45, 7) is 2.11. The molecule has 0 fully saturated rings. The van der Waals surface area contributed by atoms with Gasteiger partial charge in [-0.25, -0.2) is 0 Å². The minimum atomic E-state index is 1.01. The first-order valence-corrected chi connectivity index (χ1v) is 6.42. The molecule has 1 heterocycles. The van der Waals surface area contributed by atoms with E-state index in [9.17, 15) is 0 Å². The summed E-state index contributed by atoms with van der Waals surface area (Å²) in [4.78, 5) is 4.45. The molecule has 1 heteroatoms. The highest BCUT2D eigenvalue weighted by atomic mass is 14.7. The lowest BCUT2D eigenvalue weighted by Crippen LogP contribution is -1.87. The molecule has 0 spiro atoms. The molecule has 0 aliphatic heterocycles. The highest BCUT2D eigenvalue weighted by molar-refractivity contribution is 5.81. The highest BCUT2D eigenvalue weighted by Gasteiger charge is 2.06. The van der Waals surface area contributed by atoms with Crippen LogP contribution >= 0.6 is 0 Å². The lowest BCUT2D eigenvalue weighted by molar-refractivity contribution is 1.33. The Hall–Kier alpha value is -2.41. The fraction of sp³-hybridized carbons (Fsp3) is 0.0556. The summed E-state index contributed by atoms with van der Waals surface area (Å²) in [6, 6.07) is 23.0. The Morgan fingerprint density at radius 1 is 0.684 bits per heavy atom. The largest absolute Gasteiger partial charge is 0.256 e. The molecule has 0 aliphatic carbocycles. The summed E-state index contributed by atoms with van der Waals surface area (Å²) < 4.78 is 0. The van der Waals surface area contributed by atoms with Crippen LogP contribution in [0.15, 0.2) is 72.9 Å². The topological polar surface area (TPSA) is 12.9 Å². The van der Waals surface area contributed by atoms with Gasteiger partial charge in [-0.15, -0.1) is 0 Å². The first-order valence-electron chi connectivity index (χ1n) is 6.42. The maximum Gasteiger partial charge on any atom is 0.0708 e. The van der Waals surface area contributed by atoms with Gasteiger partial charge in [0, 0.05) is 11.8 Å². The molecule has 0 saturated heterocycles. The van der Waals surface area contributed by atoms with Gasteiger partial charge >= 0.3 is 0 Å². The van der Waals surface area contributed by atoms with Gasteiger partial charge in [0.1, 0.15) is 0 Å². The molecule has 0 unspecified atom stereocenters. The molecule has 19 heavy (non-hydrogen) atoms. The molecule has 0 amide bonds. The summed E-state index contributed by atoms with van der Waals surface area (Å²) in [5.41, 5.74) is 5.91. The van der Waals surface area contributed by atoms with Crippen molar-refractivity contribution >= 4 is 0 Å². The van der Waals surface area contributed by atoms with Crippen molar-refractivity contribution < 1.29 is 0 Å². The van der Waals surface area contributed by atoms with Crippen molar-refractivity contribution in [3.63, 3.8) is 0 Å². The van der Waals surface area contributed by atoms with Gasteiger partial charge in [0.15, 0.2) is 0 Å². The van der Waals surface area contributed by atoms with E-state index in [1.165, 1.54) is 22.3 Å². The molecule has 0 radical (unpaired) electrons. The Kier molecular flexibility index (Phi) is 3.11. The van der Waals surface area contributed by atoms with Crippen LogP contribution in [0, 0.1) is 6.92 Å². The summed E-state index contributed by atoms with van der Waals surface area (Å²) >= 11 is 0. The van der Waals surface area contributed by atoms with Crippen LogP contribution in [0.5, 0.6) is 0 Å². The number of benzene rings is 2. The SMILES string of the molecule is Cc1ccc(-c2ccccc2-c2ccccn2)cc1. The molecule has 0 atom stereocenters. The molecule has 0 bridgehead atoms. The number of hydrogen-bond donors (Lipinski definition) is 0. The summed E-state index contributed by atoms with van der Waals surface area (Å²) in [7, 11) is 0. The van der Waals surface area contributed by atoms with Gasteiger partial charge < -0.3 is 0 Å². The average molecular weight is 245 g/mol. The lowest BCUT2D eigenvalue weighted by atomic mass is 9.97. The fourth-order valence-electron chi connectivity index (χ4n) is 2.21. The highest BCUT2D eigenvalue weighted by Crippen LogP contribution is 2.30. The second kappa shape index (κ2) is 5.07. The Balaban J connectivity index is 2.15. The Morgan fingerprint density at radius 3 is 2.05 bits per heavy atom. The van der Waals surface area contributed by atoms with E-state index in [-0.39, 0.29) is 0 Å². The quantitative estimate of drug-likeness (QED) is 0.636. The maximum absolute atomic E-state index is 4.45. The zero-order valence-electron chi connectivity index (χ0n) is 10.9. The van der Waals surface area contributed by atoms with Crippen LogP contribution in [-0.4, -0.2) is 4.98 Å². The molecule has 0 saturated carbocycles. The summed E-state index contributed by atoms with van der Waals surface area (Å²) in [6.07, 6.45) is 1.83. The third-order valence-corrected chi connectivity index (χ3v) is 3.23. The summed E-state index contributed by atoms with van der Waals surface area (Å²) in [5.74, 6) is 0. The van der Waals surface area contributed by atoms with Crippen molar-refractivity contribution in [3.05, 3.63) is 78.5 Å². The fourth-order valence-corrected chi connectivity index (χ4v) is 2.21. The molecule has 92 valence electrons. The Labute approximate surface area is 113 Å². The molecular formula is C18H15N. The van der Waals surface area contributed by atoms with Crippen molar-refractivity contribution in [3.8, 4) is 22.4 Å². The molecule has 1 nitrogen and oxygen atoms in total. The van der Waals surface area contributed by atoms with E-state index < -0.39 is 0 Å². The average Bonchev–Trinajstić information content (AvgIpc) is 2.49. The number of aromatic nitrogens is 1. The second-order valence-electron chi connectivity index (χ2n) is 4.63. The van der Waals surface area contributed by atoms with Gasteiger partial charge in [0.05, 0.1) is 5.69 Å². The lowest BCUT2D eigenvalue weighted by Gasteiger charge is -2.09. The van der Waals surface area contributed by atoms with E-state index >= 15 is 0 Å². The normalized spacial score (nSPS) is 10.4. The summed E-state index contributed by atoms with van der Waals surface area (Å²) in [5, 5.41) is 0. The van der Waals surface area contributed by atoms with Crippen molar-refractivity contribution in [2.75, 3.05) is 0 Å². The number of hydrogen-bond acceptors (Lipinski definition) is 1. The number of rotatable bonds is 2. The first-order chi connectivity index (χ1) is 9.34. The van der Waals surface area contributed by atoms with Crippen LogP contribution in [-0.2, 0) is 0 Å². The van der Waals surface area contributed by atoms with Crippen LogP contribution < -0.4 is 0 Å². The first kappa shape index (κ1) is 11.7. The van der Waals surface area contributed by atoms with Crippen LogP contribution in [0.3, 0.4) is 0 Å². The van der Waals surface area contributed by atoms with Gasteiger partial charge in [-0.3, -0.25) is 4.98 Å². The predicted octanol–water partition coefficient (Wildman–Crippen LogP) is 4.72. The van der Waals surface area contributed by atoms with Crippen molar-refractivity contribution in [2.45, 2.75) is 6.92 Å². The van der Waals surface area contributed by atoms with Crippen molar-refractivity contribution in [1.82, 2.24) is 4.98 Å². The van der Waals surface area contributed by atoms with Crippen molar-refractivity contribution in [2.24, 2.45) is 0 Å². The van der Waals surface area contributed by atoms with Gasteiger partial charge in [-0.2, -0.15) is 0 Å². The maximum atomic E-state index is 4.45. The molecule has 0 N–H and O–H groups in total. The molecular weight excluding hydrogens is 230 g/mol. The molecule has 2 aromatic carbocycles. The third kappa shape index (κ3) is 2.41. The number of aryl methyl sites for hydroxylation is 1. The van der Waals surface area contributed by atoms with Gasteiger partial charge in [0.25, 0.3) is 0 Å². The minimum absolute atomic E-state index is 1.01. The minimum Gasteiger partial charge on any atom is -0.256 e. The third-order valence-electron chi connectivity index (χ3n) is 3.23. The number of pyridine rings is 1. The van der Waals surface area contributed by atoms with E-state index in [1.54, 1.807) is 0 Å².